The number of hydrogen-bond donors (Lipinski definition) is 2. The van der Waals surface area contributed by atoms with Gasteiger partial charge >= 0.3 is 0 Å². The van der Waals surface area contributed by atoms with E-state index < -0.39 is 5.60 Å². The number of unbranched alkanes of at least 4 members (excludes halogenated alkanes) is 2. The van der Waals surface area contributed by atoms with Gasteiger partial charge in [0.1, 0.15) is 5.75 Å². The molecule has 0 saturated carbocycles. The molecule has 0 aliphatic rings. The van der Waals surface area contributed by atoms with Crippen LogP contribution in [0.5, 0.6) is 5.75 Å². The lowest BCUT2D eigenvalue weighted by Gasteiger charge is -2.34. The summed E-state index contributed by atoms with van der Waals surface area (Å²) >= 11 is 0. The van der Waals surface area contributed by atoms with Crippen LogP contribution in [-0.2, 0) is 5.41 Å². The van der Waals surface area contributed by atoms with Crippen LogP contribution < -0.4 is 0 Å². The number of phenols is 1. The number of rotatable bonds is 11. The van der Waals surface area contributed by atoms with E-state index in [1.54, 1.807) is 0 Å². The molecule has 1 atom stereocenters. The van der Waals surface area contributed by atoms with Crippen molar-refractivity contribution < 1.29 is 10.2 Å². The highest BCUT2D eigenvalue weighted by molar-refractivity contribution is 5.57. The van der Waals surface area contributed by atoms with Crippen LogP contribution in [0.15, 0.2) is 42.5 Å². The summed E-state index contributed by atoms with van der Waals surface area (Å²) in [4.78, 5) is 0. The minimum atomic E-state index is -0.722. The summed E-state index contributed by atoms with van der Waals surface area (Å²) in [6.45, 7) is 16.9. The van der Waals surface area contributed by atoms with Crippen molar-refractivity contribution in [1.82, 2.24) is 0 Å². The first-order valence-corrected chi connectivity index (χ1v) is 13.1. The maximum absolute atomic E-state index is 10.9. The first-order valence-electron chi connectivity index (χ1n) is 13.1. The van der Waals surface area contributed by atoms with Crippen molar-refractivity contribution in [3.8, 4) is 5.75 Å². The van der Waals surface area contributed by atoms with Gasteiger partial charge in [-0.1, -0.05) is 103 Å². The predicted octanol–water partition coefficient (Wildman–Crippen LogP) is 8.88. The summed E-state index contributed by atoms with van der Waals surface area (Å²) in [7, 11) is 0. The monoisotopic (exact) mass is 452 g/mol. The molecule has 184 valence electrons. The Kier molecular flexibility index (Phi) is 11.9. The second kappa shape index (κ2) is 13.6. The Morgan fingerprint density at radius 1 is 0.788 bits per heavy atom. The third-order valence-electron chi connectivity index (χ3n) is 7.18. The molecule has 1 unspecified atom stereocenters. The standard InChI is InChI=1S/C29H42O2.C2H6/c1-7-11-12-18-28(31,8-2)19-17-24-13-14-25(20-22(24)5)29(9-3,10-4)26-15-16-27(30)23(6)21-26;1-2/h13-17,19-21,30-31H,7-12,18H2,1-6H3;1-2H3/b19-17+;. The minimum absolute atomic E-state index is 0.0736. The smallest absolute Gasteiger partial charge is 0.118 e. The van der Waals surface area contributed by atoms with Gasteiger partial charge in [0.05, 0.1) is 5.60 Å². The molecule has 0 bridgehead atoms. The Morgan fingerprint density at radius 3 is 1.85 bits per heavy atom. The van der Waals surface area contributed by atoms with Crippen molar-refractivity contribution >= 4 is 6.08 Å². The fraction of sp³-hybridized carbons (Fsp3) is 0.548. The Bertz CT molecular complexity index is 876. The Balaban J connectivity index is 0.00000265. The van der Waals surface area contributed by atoms with E-state index in [-0.39, 0.29) is 5.41 Å². The van der Waals surface area contributed by atoms with Gasteiger partial charge in [-0.3, -0.25) is 0 Å². The SMILES string of the molecule is CC.CCCCCC(O)(/C=C/c1ccc(C(CC)(CC)c2ccc(O)c(C)c2)cc1C)CC. The first-order chi connectivity index (χ1) is 15.7. The van der Waals surface area contributed by atoms with E-state index in [0.717, 1.165) is 49.7 Å². The van der Waals surface area contributed by atoms with Crippen molar-refractivity contribution in [3.05, 3.63) is 70.3 Å². The van der Waals surface area contributed by atoms with Crippen molar-refractivity contribution in [3.63, 3.8) is 0 Å². The van der Waals surface area contributed by atoms with Gasteiger partial charge in [-0.25, -0.2) is 0 Å². The van der Waals surface area contributed by atoms with E-state index >= 15 is 0 Å². The van der Waals surface area contributed by atoms with Gasteiger partial charge < -0.3 is 10.2 Å². The van der Waals surface area contributed by atoms with E-state index in [0.29, 0.717) is 5.75 Å². The molecule has 2 N–H and O–H groups in total. The van der Waals surface area contributed by atoms with E-state index in [9.17, 15) is 10.2 Å². The normalized spacial score (nSPS) is 13.5. The van der Waals surface area contributed by atoms with Crippen LogP contribution in [0.3, 0.4) is 0 Å². The quantitative estimate of drug-likeness (QED) is 0.334. The summed E-state index contributed by atoms with van der Waals surface area (Å²) in [6.07, 6.45) is 11.0. The molecule has 0 heterocycles. The van der Waals surface area contributed by atoms with Crippen LogP contribution in [0.2, 0.25) is 0 Å². The third kappa shape index (κ3) is 7.21. The van der Waals surface area contributed by atoms with Gasteiger partial charge in [-0.15, -0.1) is 0 Å². The zero-order valence-corrected chi connectivity index (χ0v) is 22.5. The summed E-state index contributed by atoms with van der Waals surface area (Å²) in [5.41, 5.74) is 5.08. The van der Waals surface area contributed by atoms with Crippen molar-refractivity contribution in [2.24, 2.45) is 0 Å². The molecule has 2 nitrogen and oxygen atoms in total. The van der Waals surface area contributed by atoms with Crippen molar-refractivity contribution in [2.75, 3.05) is 0 Å². The highest BCUT2D eigenvalue weighted by Gasteiger charge is 2.31. The van der Waals surface area contributed by atoms with Gasteiger partial charge in [-0.2, -0.15) is 0 Å². The fourth-order valence-corrected chi connectivity index (χ4v) is 4.65. The Labute approximate surface area is 203 Å². The van der Waals surface area contributed by atoms with E-state index in [4.69, 9.17) is 0 Å². The second-order valence-electron chi connectivity index (χ2n) is 9.11. The second-order valence-corrected chi connectivity index (χ2v) is 9.11. The molecule has 2 rings (SSSR count). The average molecular weight is 453 g/mol. The van der Waals surface area contributed by atoms with Crippen LogP contribution in [0, 0.1) is 13.8 Å². The molecule has 2 heteroatoms. The Hall–Kier alpha value is -2.06. The van der Waals surface area contributed by atoms with Gasteiger partial charge in [-0.05, 0) is 73.4 Å². The summed E-state index contributed by atoms with van der Waals surface area (Å²) < 4.78 is 0. The highest BCUT2D eigenvalue weighted by Crippen LogP contribution is 2.41. The zero-order valence-electron chi connectivity index (χ0n) is 22.5. The van der Waals surface area contributed by atoms with Gasteiger partial charge in [0.25, 0.3) is 0 Å². The zero-order chi connectivity index (χ0) is 25.1. The van der Waals surface area contributed by atoms with Crippen molar-refractivity contribution in [1.29, 1.82) is 0 Å². The Morgan fingerprint density at radius 2 is 1.36 bits per heavy atom. The minimum Gasteiger partial charge on any atom is -0.508 e. The topological polar surface area (TPSA) is 40.5 Å². The summed E-state index contributed by atoms with van der Waals surface area (Å²) in [5, 5.41) is 20.9. The van der Waals surface area contributed by atoms with Crippen LogP contribution in [0.1, 0.15) is 114 Å². The molecule has 33 heavy (non-hydrogen) atoms. The molecule has 0 aromatic heterocycles. The maximum atomic E-state index is 10.9. The first kappa shape index (κ1) is 29.0. The van der Waals surface area contributed by atoms with Gasteiger partial charge in [0, 0.05) is 5.41 Å². The number of aromatic hydroxyl groups is 1. The number of phenolic OH excluding ortho intramolecular Hbond substituents is 1. The average Bonchev–Trinajstić information content (AvgIpc) is 2.83. The van der Waals surface area contributed by atoms with Crippen molar-refractivity contribution in [2.45, 2.75) is 111 Å². The van der Waals surface area contributed by atoms with Crippen LogP contribution in [0.25, 0.3) is 6.08 Å². The predicted molar refractivity (Wildman–Crippen MR) is 145 cm³/mol. The molecular weight excluding hydrogens is 404 g/mol. The lowest BCUT2D eigenvalue weighted by Crippen LogP contribution is -2.26. The third-order valence-corrected chi connectivity index (χ3v) is 7.18. The molecule has 0 fully saturated rings. The summed E-state index contributed by atoms with van der Waals surface area (Å²) in [6, 6.07) is 12.7. The molecular formula is C31H48O2. The molecule has 2 aromatic carbocycles. The fourth-order valence-electron chi connectivity index (χ4n) is 4.65. The van der Waals surface area contributed by atoms with Crippen LogP contribution in [0.4, 0.5) is 0 Å². The van der Waals surface area contributed by atoms with E-state index in [2.05, 4.69) is 71.0 Å². The number of hydrogen-bond acceptors (Lipinski definition) is 2. The van der Waals surface area contributed by atoms with E-state index in [1.807, 2.05) is 32.9 Å². The van der Waals surface area contributed by atoms with E-state index in [1.165, 1.54) is 23.1 Å². The largest absolute Gasteiger partial charge is 0.508 e. The highest BCUT2D eigenvalue weighted by atomic mass is 16.3. The maximum Gasteiger partial charge on any atom is 0.118 e. The summed E-state index contributed by atoms with van der Waals surface area (Å²) in [5.74, 6) is 0.351. The molecule has 0 saturated heterocycles. The van der Waals surface area contributed by atoms with Crippen LogP contribution in [-0.4, -0.2) is 15.8 Å². The number of benzene rings is 2. The molecule has 0 spiro atoms. The van der Waals surface area contributed by atoms with Gasteiger partial charge in [0.2, 0.25) is 0 Å². The molecule has 0 radical (unpaired) electrons. The molecule has 0 amide bonds. The van der Waals surface area contributed by atoms with Gasteiger partial charge in [0.15, 0.2) is 0 Å². The lowest BCUT2D eigenvalue weighted by atomic mass is 9.70. The number of aryl methyl sites for hydroxylation is 2. The lowest BCUT2D eigenvalue weighted by molar-refractivity contribution is 0.0754. The molecule has 0 aliphatic carbocycles. The number of aliphatic hydroxyl groups is 1. The molecule has 2 aromatic rings. The van der Waals surface area contributed by atoms with Crippen LogP contribution >= 0.6 is 0 Å². The molecule has 0 aliphatic heterocycles.